The Morgan fingerprint density at radius 3 is 2.74 bits per heavy atom. The Kier molecular flexibility index (Phi) is 4.81. The lowest BCUT2D eigenvalue weighted by Gasteiger charge is -2.41. The van der Waals surface area contributed by atoms with Gasteiger partial charge in [-0.3, -0.25) is 4.79 Å². The Morgan fingerprint density at radius 2 is 2.16 bits per heavy atom. The fourth-order valence-electron chi connectivity index (χ4n) is 3.31. The van der Waals surface area contributed by atoms with Gasteiger partial charge in [0.15, 0.2) is 0 Å². The highest BCUT2D eigenvalue weighted by molar-refractivity contribution is 5.75. The van der Waals surface area contributed by atoms with E-state index in [0.29, 0.717) is 38.6 Å². The lowest BCUT2D eigenvalue weighted by molar-refractivity contribution is -0.157. The van der Waals surface area contributed by atoms with E-state index in [0.717, 1.165) is 13.1 Å². The van der Waals surface area contributed by atoms with E-state index in [1.165, 1.54) is 12.8 Å². The van der Waals surface area contributed by atoms with Gasteiger partial charge in [-0.1, -0.05) is 0 Å². The maximum absolute atomic E-state index is 11.7. The van der Waals surface area contributed by atoms with E-state index in [2.05, 4.69) is 23.9 Å². The van der Waals surface area contributed by atoms with Gasteiger partial charge in [0.05, 0.1) is 5.41 Å². The van der Waals surface area contributed by atoms with E-state index in [1.807, 2.05) is 0 Å². The van der Waals surface area contributed by atoms with Crippen LogP contribution in [0.15, 0.2) is 0 Å². The molecule has 0 aromatic carbocycles. The van der Waals surface area contributed by atoms with Crippen molar-refractivity contribution in [2.75, 3.05) is 46.9 Å². The first-order valence-electron chi connectivity index (χ1n) is 7.23. The number of ether oxygens (including phenoxy) is 1. The highest BCUT2D eigenvalue weighted by atomic mass is 16.5. The number of hydrogen-bond acceptors (Lipinski definition) is 4. The van der Waals surface area contributed by atoms with E-state index < -0.39 is 11.4 Å². The van der Waals surface area contributed by atoms with Crippen molar-refractivity contribution in [3.05, 3.63) is 0 Å². The van der Waals surface area contributed by atoms with E-state index in [1.54, 1.807) is 0 Å². The summed E-state index contributed by atoms with van der Waals surface area (Å²) in [5, 5.41) is 9.60. The van der Waals surface area contributed by atoms with Crippen molar-refractivity contribution in [3.8, 4) is 0 Å². The van der Waals surface area contributed by atoms with Gasteiger partial charge < -0.3 is 19.6 Å². The smallest absolute Gasteiger partial charge is 0.311 e. The first-order chi connectivity index (χ1) is 9.03. The molecule has 0 spiro atoms. The maximum atomic E-state index is 11.7. The second kappa shape index (κ2) is 6.20. The standard InChI is InChI=1S/C14H26N2O3/c1-15-7-3-4-12(10-15)16(2)11-14(13(17)18)5-8-19-9-6-14/h12H,3-11H2,1-2H3,(H,17,18). The average Bonchev–Trinajstić information content (AvgIpc) is 2.39. The second-order valence-electron chi connectivity index (χ2n) is 6.17. The zero-order chi connectivity index (χ0) is 13.9. The normalized spacial score (nSPS) is 28.5. The predicted octanol–water partition coefficient (Wildman–Crippen LogP) is 0.894. The summed E-state index contributed by atoms with van der Waals surface area (Å²) < 4.78 is 5.33. The summed E-state index contributed by atoms with van der Waals surface area (Å²) in [5.41, 5.74) is -0.608. The molecule has 1 unspecified atom stereocenters. The number of likely N-dealkylation sites (N-methyl/N-ethyl adjacent to an activating group) is 2. The summed E-state index contributed by atoms with van der Waals surface area (Å²) in [7, 11) is 4.21. The Morgan fingerprint density at radius 1 is 1.47 bits per heavy atom. The van der Waals surface area contributed by atoms with E-state index in [-0.39, 0.29) is 0 Å². The van der Waals surface area contributed by atoms with Gasteiger partial charge in [-0.25, -0.2) is 0 Å². The Labute approximate surface area is 115 Å². The SMILES string of the molecule is CN1CCCC(N(C)CC2(C(=O)O)CCOCC2)C1. The molecule has 110 valence electrons. The molecule has 2 aliphatic rings. The third kappa shape index (κ3) is 3.46. The summed E-state index contributed by atoms with van der Waals surface area (Å²) in [5.74, 6) is -0.660. The molecule has 2 heterocycles. The zero-order valence-corrected chi connectivity index (χ0v) is 12.1. The number of carboxylic acids is 1. The molecule has 19 heavy (non-hydrogen) atoms. The first-order valence-corrected chi connectivity index (χ1v) is 7.23. The second-order valence-corrected chi connectivity index (χ2v) is 6.17. The molecule has 0 amide bonds. The molecule has 0 bridgehead atoms. The molecule has 0 radical (unpaired) electrons. The molecule has 2 saturated heterocycles. The van der Waals surface area contributed by atoms with Crippen LogP contribution in [-0.2, 0) is 9.53 Å². The van der Waals surface area contributed by atoms with Crippen molar-refractivity contribution in [2.24, 2.45) is 5.41 Å². The van der Waals surface area contributed by atoms with Gasteiger partial charge in [0, 0.05) is 32.3 Å². The van der Waals surface area contributed by atoms with Gasteiger partial charge in [0.25, 0.3) is 0 Å². The van der Waals surface area contributed by atoms with Crippen LogP contribution < -0.4 is 0 Å². The number of nitrogens with zero attached hydrogens (tertiary/aromatic N) is 2. The van der Waals surface area contributed by atoms with Gasteiger partial charge in [-0.15, -0.1) is 0 Å². The number of piperidine rings is 1. The van der Waals surface area contributed by atoms with Crippen LogP contribution in [0.1, 0.15) is 25.7 Å². The van der Waals surface area contributed by atoms with E-state index in [9.17, 15) is 9.90 Å². The Hall–Kier alpha value is -0.650. The largest absolute Gasteiger partial charge is 0.481 e. The first kappa shape index (κ1) is 14.8. The molecule has 0 saturated carbocycles. The molecule has 1 N–H and O–H groups in total. The summed E-state index contributed by atoms with van der Waals surface area (Å²) in [6, 6.07) is 0.484. The number of carbonyl (C=O) groups is 1. The monoisotopic (exact) mass is 270 g/mol. The van der Waals surface area contributed by atoms with Crippen molar-refractivity contribution in [1.82, 2.24) is 9.80 Å². The molecule has 1 atom stereocenters. The highest BCUT2D eigenvalue weighted by Crippen LogP contribution is 2.32. The number of aliphatic carboxylic acids is 1. The quantitative estimate of drug-likeness (QED) is 0.822. The number of hydrogen-bond donors (Lipinski definition) is 1. The van der Waals surface area contributed by atoms with Crippen LogP contribution in [0.25, 0.3) is 0 Å². The van der Waals surface area contributed by atoms with E-state index in [4.69, 9.17) is 4.74 Å². The molecule has 0 aromatic heterocycles. The minimum absolute atomic E-state index is 0.484. The zero-order valence-electron chi connectivity index (χ0n) is 12.1. The highest BCUT2D eigenvalue weighted by Gasteiger charge is 2.42. The summed E-state index contributed by atoms with van der Waals surface area (Å²) in [4.78, 5) is 16.3. The molecule has 2 fully saturated rings. The molecule has 5 nitrogen and oxygen atoms in total. The van der Waals surface area contributed by atoms with Crippen LogP contribution in [-0.4, -0.2) is 73.9 Å². The molecular formula is C14H26N2O3. The number of carboxylic acid groups (broad SMARTS) is 1. The van der Waals surface area contributed by atoms with Crippen LogP contribution in [0.5, 0.6) is 0 Å². The molecule has 0 aliphatic carbocycles. The molecule has 2 aliphatic heterocycles. The van der Waals surface area contributed by atoms with Crippen molar-refractivity contribution in [3.63, 3.8) is 0 Å². The fourth-order valence-corrected chi connectivity index (χ4v) is 3.31. The minimum Gasteiger partial charge on any atom is -0.481 e. The van der Waals surface area contributed by atoms with Gasteiger partial charge in [0.1, 0.15) is 0 Å². The summed E-state index contributed by atoms with van der Waals surface area (Å²) in [6.45, 7) is 3.99. The molecule has 2 rings (SSSR count). The Balaban J connectivity index is 1.98. The minimum atomic E-state index is -0.660. The topological polar surface area (TPSA) is 53.0 Å². The maximum Gasteiger partial charge on any atom is 0.311 e. The van der Waals surface area contributed by atoms with Crippen LogP contribution in [0, 0.1) is 5.41 Å². The average molecular weight is 270 g/mol. The van der Waals surface area contributed by atoms with Gasteiger partial charge in [-0.05, 0) is 46.3 Å². The third-order valence-electron chi connectivity index (χ3n) is 4.68. The number of likely N-dealkylation sites (tertiary alicyclic amines) is 1. The van der Waals surface area contributed by atoms with Crippen LogP contribution in [0.3, 0.4) is 0 Å². The molecule has 0 aromatic rings. The molecule has 5 heteroatoms. The van der Waals surface area contributed by atoms with Crippen LogP contribution in [0.4, 0.5) is 0 Å². The van der Waals surface area contributed by atoms with Crippen molar-refractivity contribution < 1.29 is 14.6 Å². The van der Waals surface area contributed by atoms with Crippen molar-refractivity contribution in [1.29, 1.82) is 0 Å². The fraction of sp³-hybridized carbons (Fsp3) is 0.929. The third-order valence-corrected chi connectivity index (χ3v) is 4.68. The lowest BCUT2D eigenvalue weighted by Crippen LogP contribution is -2.52. The van der Waals surface area contributed by atoms with Crippen molar-refractivity contribution in [2.45, 2.75) is 31.7 Å². The number of rotatable bonds is 4. The van der Waals surface area contributed by atoms with Crippen molar-refractivity contribution >= 4 is 5.97 Å². The van der Waals surface area contributed by atoms with Crippen LogP contribution in [0.2, 0.25) is 0 Å². The lowest BCUT2D eigenvalue weighted by atomic mass is 9.79. The summed E-state index contributed by atoms with van der Waals surface area (Å²) in [6.07, 6.45) is 3.65. The van der Waals surface area contributed by atoms with Crippen LogP contribution >= 0.6 is 0 Å². The summed E-state index contributed by atoms with van der Waals surface area (Å²) >= 11 is 0. The Bertz CT molecular complexity index is 316. The van der Waals surface area contributed by atoms with Gasteiger partial charge in [0.2, 0.25) is 0 Å². The van der Waals surface area contributed by atoms with Gasteiger partial charge >= 0.3 is 5.97 Å². The molecular weight excluding hydrogens is 244 g/mol. The van der Waals surface area contributed by atoms with Gasteiger partial charge in [-0.2, -0.15) is 0 Å². The predicted molar refractivity (Wildman–Crippen MR) is 73.3 cm³/mol. The van der Waals surface area contributed by atoms with E-state index >= 15 is 0 Å².